The number of ketones is 1. The molecule has 1 aromatic rings. The Morgan fingerprint density at radius 3 is 2.44 bits per heavy atom. The minimum absolute atomic E-state index is 0.340. The highest BCUT2D eigenvalue weighted by Gasteiger charge is 2.11. The second-order valence-corrected chi connectivity index (χ2v) is 5.71. The lowest BCUT2D eigenvalue weighted by molar-refractivity contribution is 0.0982. The lowest BCUT2D eigenvalue weighted by Crippen LogP contribution is -1.97. The van der Waals surface area contributed by atoms with Crippen molar-refractivity contribution < 1.29 is 4.79 Å². The third kappa shape index (κ3) is 4.09. The molecule has 2 heteroatoms. The van der Waals surface area contributed by atoms with Crippen molar-refractivity contribution in [2.75, 3.05) is 0 Å². The molecule has 0 aromatic carbocycles. The summed E-state index contributed by atoms with van der Waals surface area (Å²) in [5.74, 6) is 0.340. The van der Waals surface area contributed by atoms with Crippen LogP contribution in [0.25, 0.3) is 0 Å². The summed E-state index contributed by atoms with van der Waals surface area (Å²) < 4.78 is 0. The molecule has 0 amide bonds. The van der Waals surface area contributed by atoms with Gasteiger partial charge in [0, 0.05) is 11.3 Å². The van der Waals surface area contributed by atoms with Crippen LogP contribution in [0.1, 0.15) is 65.6 Å². The van der Waals surface area contributed by atoms with Crippen molar-refractivity contribution in [1.29, 1.82) is 0 Å². The zero-order valence-corrected chi connectivity index (χ0v) is 11.5. The maximum absolute atomic E-state index is 11.9. The molecule has 0 spiro atoms. The second-order valence-electron chi connectivity index (χ2n) is 4.46. The van der Waals surface area contributed by atoms with Gasteiger partial charge < -0.3 is 0 Å². The molecule has 0 radical (unpaired) electrons. The van der Waals surface area contributed by atoms with Crippen molar-refractivity contribution in [3.8, 4) is 0 Å². The fraction of sp³-hybridized carbons (Fsp3) is 0.643. The Morgan fingerprint density at radius 2 is 1.88 bits per heavy atom. The van der Waals surface area contributed by atoms with Gasteiger partial charge in [0.05, 0.1) is 4.88 Å². The van der Waals surface area contributed by atoms with E-state index in [9.17, 15) is 4.79 Å². The monoisotopic (exact) mass is 238 g/mol. The zero-order valence-electron chi connectivity index (χ0n) is 10.6. The van der Waals surface area contributed by atoms with E-state index in [2.05, 4.69) is 19.9 Å². The standard InChI is InChI=1S/C14H22OS/c1-4-5-6-7-8-9-13(15)14-11(2)10-12(3)16-14/h10H,4-9H2,1-3H3. The van der Waals surface area contributed by atoms with E-state index >= 15 is 0 Å². The number of thiophene rings is 1. The SMILES string of the molecule is CCCCCCCC(=O)c1sc(C)cc1C. The van der Waals surface area contributed by atoms with Gasteiger partial charge in [-0.1, -0.05) is 32.6 Å². The average Bonchev–Trinajstić information content (AvgIpc) is 2.57. The van der Waals surface area contributed by atoms with Gasteiger partial charge in [0.15, 0.2) is 5.78 Å². The van der Waals surface area contributed by atoms with Gasteiger partial charge in [-0.2, -0.15) is 0 Å². The predicted octanol–water partition coefficient (Wildman–Crippen LogP) is 4.91. The van der Waals surface area contributed by atoms with Crippen LogP contribution < -0.4 is 0 Å². The predicted molar refractivity (Wildman–Crippen MR) is 71.5 cm³/mol. The second kappa shape index (κ2) is 6.85. The molecule has 0 aliphatic heterocycles. The molecule has 0 aliphatic rings. The largest absolute Gasteiger partial charge is 0.293 e. The van der Waals surface area contributed by atoms with Gasteiger partial charge in [-0.05, 0) is 31.9 Å². The van der Waals surface area contributed by atoms with Gasteiger partial charge in [-0.3, -0.25) is 4.79 Å². The van der Waals surface area contributed by atoms with Crippen molar-refractivity contribution in [2.24, 2.45) is 0 Å². The molecule has 0 saturated heterocycles. The Labute approximate surface area is 103 Å². The Kier molecular flexibility index (Phi) is 5.75. The van der Waals surface area contributed by atoms with Gasteiger partial charge in [0.1, 0.15) is 0 Å². The minimum atomic E-state index is 0.340. The zero-order chi connectivity index (χ0) is 12.0. The first-order chi connectivity index (χ1) is 7.65. The Balaban J connectivity index is 2.33. The van der Waals surface area contributed by atoms with Crippen LogP contribution in [-0.2, 0) is 0 Å². The molecule has 0 N–H and O–H groups in total. The molecule has 0 saturated carbocycles. The summed E-state index contributed by atoms with van der Waals surface area (Å²) in [4.78, 5) is 14.1. The number of aryl methyl sites for hydroxylation is 2. The summed E-state index contributed by atoms with van der Waals surface area (Å²) >= 11 is 1.64. The topological polar surface area (TPSA) is 17.1 Å². The van der Waals surface area contributed by atoms with Crippen LogP contribution >= 0.6 is 11.3 Å². The first-order valence-electron chi connectivity index (χ1n) is 6.25. The van der Waals surface area contributed by atoms with Crippen molar-refractivity contribution in [3.05, 3.63) is 21.4 Å². The summed E-state index contributed by atoms with van der Waals surface area (Å²) in [5.41, 5.74) is 1.15. The van der Waals surface area contributed by atoms with Gasteiger partial charge in [-0.15, -0.1) is 11.3 Å². The van der Waals surface area contributed by atoms with Crippen LogP contribution in [0.3, 0.4) is 0 Å². The van der Waals surface area contributed by atoms with Crippen molar-refractivity contribution in [1.82, 2.24) is 0 Å². The molecule has 0 unspecified atom stereocenters. The Morgan fingerprint density at radius 1 is 1.19 bits per heavy atom. The molecule has 1 heterocycles. The molecule has 1 rings (SSSR count). The maximum atomic E-state index is 11.9. The molecule has 16 heavy (non-hydrogen) atoms. The first-order valence-corrected chi connectivity index (χ1v) is 7.07. The number of Topliss-reactive ketones (excluding diaryl/α,β-unsaturated/α-hetero) is 1. The van der Waals surface area contributed by atoms with E-state index < -0.39 is 0 Å². The van der Waals surface area contributed by atoms with Crippen LogP contribution in [0.2, 0.25) is 0 Å². The first kappa shape index (κ1) is 13.4. The molecular weight excluding hydrogens is 216 g/mol. The van der Waals surface area contributed by atoms with Crippen LogP contribution in [0, 0.1) is 13.8 Å². The number of rotatable bonds is 7. The lowest BCUT2D eigenvalue weighted by atomic mass is 10.1. The number of carbonyl (C=O) groups excluding carboxylic acids is 1. The third-order valence-electron chi connectivity index (χ3n) is 2.80. The van der Waals surface area contributed by atoms with E-state index in [0.29, 0.717) is 5.78 Å². The number of hydrogen-bond acceptors (Lipinski definition) is 2. The van der Waals surface area contributed by atoms with Crippen LogP contribution in [0.4, 0.5) is 0 Å². The molecule has 0 fully saturated rings. The van der Waals surface area contributed by atoms with Gasteiger partial charge in [-0.25, -0.2) is 0 Å². The van der Waals surface area contributed by atoms with E-state index in [0.717, 1.165) is 23.3 Å². The highest BCUT2D eigenvalue weighted by atomic mass is 32.1. The quantitative estimate of drug-likeness (QED) is 0.487. The highest BCUT2D eigenvalue weighted by Crippen LogP contribution is 2.23. The molecular formula is C14H22OS. The maximum Gasteiger partial charge on any atom is 0.173 e. The molecule has 0 bridgehead atoms. The Bertz CT molecular complexity index is 339. The Hall–Kier alpha value is -0.630. The molecule has 1 nitrogen and oxygen atoms in total. The number of hydrogen-bond donors (Lipinski definition) is 0. The third-order valence-corrected chi connectivity index (χ3v) is 4.00. The van der Waals surface area contributed by atoms with E-state index in [-0.39, 0.29) is 0 Å². The van der Waals surface area contributed by atoms with Crippen molar-refractivity contribution in [2.45, 2.75) is 59.3 Å². The normalized spacial score (nSPS) is 10.7. The minimum Gasteiger partial charge on any atom is -0.293 e. The van der Waals surface area contributed by atoms with E-state index in [1.165, 1.54) is 30.6 Å². The number of unbranched alkanes of at least 4 members (excludes halogenated alkanes) is 4. The van der Waals surface area contributed by atoms with Crippen molar-refractivity contribution >= 4 is 17.1 Å². The number of carbonyl (C=O) groups is 1. The van der Waals surface area contributed by atoms with E-state index in [1.54, 1.807) is 11.3 Å². The van der Waals surface area contributed by atoms with Crippen molar-refractivity contribution in [3.63, 3.8) is 0 Å². The highest BCUT2D eigenvalue weighted by molar-refractivity contribution is 7.14. The van der Waals surface area contributed by atoms with E-state index in [4.69, 9.17) is 0 Å². The molecule has 90 valence electrons. The fourth-order valence-electron chi connectivity index (χ4n) is 1.92. The summed E-state index contributed by atoms with van der Waals surface area (Å²) in [6, 6.07) is 2.11. The van der Waals surface area contributed by atoms with E-state index in [1.807, 2.05) is 6.92 Å². The molecule has 0 aliphatic carbocycles. The molecule has 0 atom stereocenters. The van der Waals surface area contributed by atoms with Crippen LogP contribution in [0.5, 0.6) is 0 Å². The van der Waals surface area contributed by atoms with Gasteiger partial charge in [0.2, 0.25) is 0 Å². The molecule has 1 aromatic heterocycles. The van der Waals surface area contributed by atoms with Crippen LogP contribution in [-0.4, -0.2) is 5.78 Å². The average molecular weight is 238 g/mol. The summed E-state index contributed by atoms with van der Waals surface area (Å²) in [5, 5.41) is 0. The smallest absolute Gasteiger partial charge is 0.173 e. The summed E-state index contributed by atoms with van der Waals surface area (Å²) in [6.45, 7) is 6.31. The van der Waals surface area contributed by atoms with Crippen LogP contribution in [0.15, 0.2) is 6.07 Å². The van der Waals surface area contributed by atoms with Gasteiger partial charge in [0.25, 0.3) is 0 Å². The fourth-order valence-corrected chi connectivity index (χ4v) is 2.91. The summed E-state index contributed by atoms with van der Waals surface area (Å²) in [6.07, 6.45) is 6.80. The lowest BCUT2D eigenvalue weighted by Gasteiger charge is -2.00. The van der Waals surface area contributed by atoms with Gasteiger partial charge >= 0.3 is 0 Å². The summed E-state index contributed by atoms with van der Waals surface area (Å²) in [7, 11) is 0.